The molecule has 0 saturated carbocycles. The number of aryl methyl sites for hydroxylation is 2. The maximum atomic E-state index is 15.7. The third-order valence-electron chi connectivity index (χ3n) is 13.8. The number of pyridine rings is 1. The van der Waals surface area contributed by atoms with Crippen LogP contribution in [0.15, 0.2) is 53.1 Å². The molecule has 0 radical (unpaired) electrons. The van der Waals surface area contributed by atoms with E-state index in [1.165, 1.54) is 18.2 Å². The Morgan fingerprint density at radius 2 is 1.69 bits per heavy atom. The summed E-state index contributed by atoms with van der Waals surface area (Å²) < 4.78 is 56.9. The maximum Gasteiger partial charge on any atom is 0.298 e. The fourth-order valence-electron chi connectivity index (χ4n) is 10.1. The quantitative estimate of drug-likeness (QED) is 0.0438. The minimum Gasteiger partial charge on any atom is -0.492 e. The number of piperidine rings is 2. The molecule has 20 heteroatoms. The molecular weight excluding hydrogens is 997 g/mol. The van der Waals surface area contributed by atoms with Crippen LogP contribution in [0.5, 0.6) is 11.5 Å². The van der Waals surface area contributed by atoms with Gasteiger partial charge in [-0.1, -0.05) is 19.9 Å². The number of fused-ring (bicyclic) bond motifs is 1. The second-order valence-corrected chi connectivity index (χ2v) is 22.6. The van der Waals surface area contributed by atoms with Crippen molar-refractivity contribution in [1.82, 2.24) is 30.1 Å². The van der Waals surface area contributed by atoms with Crippen molar-refractivity contribution in [2.24, 2.45) is 0 Å². The zero-order valence-corrected chi connectivity index (χ0v) is 43.6. The zero-order valence-electron chi connectivity index (χ0n) is 41.1. The highest BCUT2D eigenvalue weighted by Gasteiger charge is 2.34. The highest BCUT2D eigenvalue weighted by Crippen LogP contribution is 2.43. The van der Waals surface area contributed by atoms with Crippen LogP contribution in [0, 0.1) is 11.6 Å². The Kier molecular flexibility index (Phi) is 16.2. The summed E-state index contributed by atoms with van der Waals surface area (Å²) in [5.74, 6) is -0.389. The summed E-state index contributed by atoms with van der Waals surface area (Å²) >= 11 is 3.56. The second kappa shape index (κ2) is 22.3. The summed E-state index contributed by atoms with van der Waals surface area (Å²) in [6, 6.07) is 11.7. The first-order chi connectivity index (χ1) is 34.1. The highest BCUT2D eigenvalue weighted by molar-refractivity contribution is 9.10. The molecule has 0 aliphatic carbocycles. The molecule has 0 spiro atoms. The van der Waals surface area contributed by atoms with Gasteiger partial charge in [-0.15, -0.1) is 0 Å². The van der Waals surface area contributed by atoms with E-state index >= 15 is 8.78 Å². The number of hydrogen-bond acceptors (Lipinski definition) is 15. The normalized spacial score (nSPS) is 17.3. The van der Waals surface area contributed by atoms with Crippen molar-refractivity contribution >= 4 is 92.1 Å². The number of ether oxygens (including phenoxy) is 2. The van der Waals surface area contributed by atoms with Crippen LogP contribution < -0.4 is 40.5 Å². The zero-order chi connectivity index (χ0) is 50.6. The van der Waals surface area contributed by atoms with E-state index in [0.717, 1.165) is 75.5 Å². The van der Waals surface area contributed by atoms with Crippen LogP contribution >= 0.6 is 23.1 Å². The van der Waals surface area contributed by atoms with Crippen LogP contribution in [-0.4, -0.2) is 128 Å². The van der Waals surface area contributed by atoms with Gasteiger partial charge < -0.3 is 39.4 Å². The number of halogens is 3. The number of aromatic nitrogens is 3. The van der Waals surface area contributed by atoms with E-state index in [-0.39, 0.29) is 41.6 Å². The summed E-state index contributed by atoms with van der Waals surface area (Å²) in [5.41, 5.74) is 4.93. The first-order valence-corrected chi connectivity index (χ1v) is 27.7. The highest BCUT2D eigenvalue weighted by atomic mass is 79.9. The Labute approximate surface area is 421 Å². The van der Waals surface area contributed by atoms with Gasteiger partial charge in [0.25, 0.3) is 6.47 Å². The lowest BCUT2D eigenvalue weighted by molar-refractivity contribution is -0.134. The first-order valence-electron chi connectivity index (χ1n) is 24.3. The molecular formula is C51H62BrF2N10O6P. The van der Waals surface area contributed by atoms with Crippen LogP contribution in [0.4, 0.5) is 43.3 Å². The number of carbonyl (C=O) groups is 3. The Balaban J connectivity index is 0.903. The summed E-state index contributed by atoms with van der Waals surface area (Å²) in [4.78, 5) is 58.8. The predicted octanol–water partition coefficient (Wildman–Crippen LogP) is 7.93. The van der Waals surface area contributed by atoms with Gasteiger partial charge >= 0.3 is 0 Å². The smallest absolute Gasteiger partial charge is 0.298 e. The van der Waals surface area contributed by atoms with Gasteiger partial charge in [0.15, 0.2) is 11.6 Å². The van der Waals surface area contributed by atoms with Crippen molar-refractivity contribution in [2.75, 3.05) is 93.2 Å². The van der Waals surface area contributed by atoms with Crippen molar-refractivity contribution in [1.29, 1.82) is 0 Å². The van der Waals surface area contributed by atoms with Crippen molar-refractivity contribution in [2.45, 2.75) is 77.8 Å². The van der Waals surface area contributed by atoms with Crippen LogP contribution in [0.2, 0.25) is 0 Å². The lowest BCUT2D eigenvalue weighted by Gasteiger charge is -2.43. The van der Waals surface area contributed by atoms with Crippen molar-refractivity contribution < 1.29 is 37.2 Å². The van der Waals surface area contributed by atoms with E-state index in [0.29, 0.717) is 82.2 Å². The number of nitrogens with zero attached hydrogens (tertiary/aromatic N) is 7. The molecule has 3 saturated heterocycles. The number of piperazine rings is 1. The molecule has 5 heterocycles. The average Bonchev–Trinajstić information content (AvgIpc) is 3.35. The molecule has 16 nitrogen and oxygen atoms in total. The molecule has 3 N–H and O–H groups in total. The van der Waals surface area contributed by atoms with Crippen molar-refractivity contribution in [3.63, 3.8) is 0 Å². The third-order valence-corrected chi connectivity index (χ3v) is 15.9. The van der Waals surface area contributed by atoms with Gasteiger partial charge in [-0.25, -0.2) is 18.7 Å². The number of carbonyl (C=O) groups excluding carboxylic acids is 3. The van der Waals surface area contributed by atoms with Crippen LogP contribution in [0.1, 0.15) is 63.3 Å². The van der Waals surface area contributed by atoms with E-state index in [2.05, 4.69) is 75.6 Å². The van der Waals surface area contributed by atoms with Gasteiger partial charge in [0.2, 0.25) is 17.8 Å². The number of rotatable bonds is 18. The Hall–Kier alpha value is -5.75. The Morgan fingerprint density at radius 1 is 0.930 bits per heavy atom. The van der Waals surface area contributed by atoms with E-state index in [1.807, 2.05) is 19.9 Å². The minimum atomic E-state index is -2.94. The molecule has 3 aliphatic rings. The van der Waals surface area contributed by atoms with Gasteiger partial charge in [-0.3, -0.25) is 24.6 Å². The predicted molar refractivity (Wildman–Crippen MR) is 278 cm³/mol. The standard InChI is InChI=1S/C51H62BrF2N10O6P/c1-7-31-26-39(58-51-55-29-36(52)49(60-51)57-40-27-38(54)46-35(48(40)71(5,6)68)11-10-32(8-2)56-46)44(69-9-3)28-43(31)64-20-16-33(17-21-64)63-24-22-62(23-25-63)19-18-34-37(53)12-13-41(47(34)70-30-65)61(4)42-14-15-45(66)59-50(42)67/h10-13,26-30,33,42H,7-9,14-25H2,1-6H3,(H,59,66,67)(H2,55,57,58,60). The molecule has 71 heavy (non-hydrogen) atoms. The van der Waals surface area contributed by atoms with E-state index in [1.54, 1.807) is 37.5 Å². The first kappa shape index (κ1) is 51.6. The van der Waals surface area contributed by atoms with Gasteiger partial charge in [-0.2, -0.15) is 4.98 Å². The van der Waals surface area contributed by atoms with Gasteiger partial charge in [-0.05, 0) is 105 Å². The number of nitrogens with one attached hydrogen (secondary N) is 3. The minimum absolute atomic E-state index is 0.0896. The molecule has 3 aliphatic heterocycles. The number of benzene rings is 3. The van der Waals surface area contributed by atoms with Gasteiger partial charge in [0, 0.05) is 111 Å². The Bertz CT molecular complexity index is 2860. The lowest BCUT2D eigenvalue weighted by atomic mass is 9.99. The number of likely N-dealkylation sites (N-methyl/N-ethyl adjacent to an activating group) is 1. The van der Waals surface area contributed by atoms with E-state index in [4.69, 9.17) is 14.5 Å². The largest absolute Gasteiger partial charge is 0.492 e. The summed E-state index contributed by atoms with van der Waals surface area (Å²) in [6.07, 6.45) is 5.81. The fourth-order valence-corrected chi connectivity index (χ4v) is 11.8. The molecule has 378 valence electrons. The van der Waals surface area contributed by atoms with Crippen molar-refractivity contribution in [3.05, 3.63) is 81.6 Å². The number of imide groups is 1. The molecule has 5 aromatic rings. The van der Waals surface area contributed by atoms with Gasteiger partial charge in [0.1, 0.15) is 36.1 Å². The molecule has 3 fully saturated rings. The number of hydrogen-bond donors (Lipinski definition) is 3. The monoisotopic (exact) mass is 1060 g/mol. The fraction of sp³-hybridized carbons (Fsp3) is 0.451. The van der Waals surface area contributed by atoms with Crippen LogP contribution in [-0.2, 0) is 38.2 Å². The SMILES string of the molecule is CCOc1cc(N2CCC(N3CCN(CCc4c(F)ccc(N(C)C5CCC(=O)NC5=O)c4OC=O)CC3)CC2)c(CC)cc1Nc1ncc(Br)c(Nc2cc(F)c3nc(CC)ccc3c2P(C)(C)=O)n1. The van der Waals surface area contributed by atoms with Crippen LogP contribution in [0.25, 0.3) is 10.9 Å². The molecule has 1 atom stereocenters. The third kappa shape index (κ3) is 11.5. The molecule has 0 bridgehead atoms. The summed E-state index contributed by atoms with van der Waals surface area (Å²) in [5, 5.41) is 9.97. The topological polar surface area (TPSA) is 174 Å². The molecule has 1 unspecified atom stereocenters. The average molecular weight is 1060 g/mol. The number of anilines is 6. The number of amides is 2. The molecule has 3 aromatic carbocycles. The molecule has 2 aromatic heterocycles. The van der Waals surface area contributed by atoms with Gasteiger partial charge in [0.05, 0.1) is 28.1 Å². The van der Waals surface area contributed by atoms with E-state index < -0.39 is 30.7 Å². The van der Waals surface area contributed by atoms with Crippen LogP contribution in [0.3, 0.4) is 0 Å². The molecule has 2 amide bonds. The Morgan fingerprint density at radius 3 is 2.37 bits per heavy atom. The van der Waals surface area contributed by atoms with Crippen molar-refractivity contribution in [3.8, 4) is 11.5 Å². The lowest BCUT2D eigenvalue weighted by Crippen LogP contribution is -2.53. The second-order valence-electron chi connectivity index (χ2n) is 18.6. The summed E-state index contributed by atoms with van der Waals surface area (Å²) in [6.45, 7) is 15.8. The summed E-state index contributed by atoms with van der Waals surface area (Å²) in [7, 11) is -1.27. The molecule has 8 rings (SSSR count). The van der Waals surface area contributed by atoms with E-state index in [9.17, 15) is 18.9 Å². The maximum absolute atomic E-state index is 15.7.